The fourth-order valence-corrected chi connectivity index (χ4v) is 1.55. The van der Waals surface area contributed by atoms with Crippen LogP contribution in [0.15, 0.2) is 18.2 Å². The molecule has 7 nitrogen and oxygen atoms in total. The summed E-state index contributed by atoms with van der Waals surface area (Å²) in [5.41, 5.74) is 6.44. The van der Waals surface area contributed by atoms with Crippen LogP contribution in [0.1, 0.15) is 23.7 Å². The molecule has 0 aliphatic heterocycles. The summed E-state index contributed by atoms with van der Waals surface area (Å²) in [5, 5.41) is 2.62. The lowest BCUT2D eigenvalue weighted by Crippen LogP contribution is -2.31. The highest BCUT2D eigenvalue weighted by atomic mass is 16.5. The number of nitrogens with one attached hydrogen (secondary N) is 1. The number of nitrogens with two attached hydrogens (primary N) is 1. The maximum Gasteiger partial charge on any atom is 0.338 e. The van der Waals surface area contributed by atoms with Gasteiger partial charge in [-0.05, 0) is 24.6 Å². The fourth-order valence-electron chi connectivity index (χ4n) is 1.55. The molecule has 0 spiro atoms. The number of carbonyl (C=O) groups excluding carboxylic acids is 2. The third-order valence-electron chi connectivity index (χ3n) is 2.67. The van der Waals surface area contributed by atoms with Gasteiger partial charge in [-0.15, -0.1) is 0 Å². The van der Waals surface area contributed by atoms with Crippen LogP contribution in [0.4, 0.5) is 5.69 Å². The first-order valence-corrected chi connectivity index (χ1v) is 7.03. The Bertz CT molecular complexity index is 505. The van der Waals surface area contributed by atoms with E-state index >= 15 is 0 Å². The molecule has 0 radical (unpaired) electrons. The Kier molecular flexibility index (Phi) is 7.77. The molecule has 0 aliphatic carbocycles. The molecule has 1 aromatic rings. The van der Waals surface area contributed by atoms with Gasteiger partial charge < -0.3 is 25.3 Å². The minimum absolute atomic E-state index is 0.193. The van der Waals surface area contributed by atoms with Crippen molar-refractivity contribution in [3.8, 4) is 5.75 Å². The molecule has 0 atom stereocenters. The zero-order valence-electron chi connectivity index (χ0n) is 12.9. The number of nitrogen functional groups attached to an aromatic ring is 1. The summed E-state index contributed by atoms with van der Waals surface area (Å²) < 4.78 is 15.2. The maximum atomic E-state index is 11.8. The first-order chi connectivity index (χ1) is 10.6. The highest BCUT2D eigenvalue weighted by Gasteiger charge is 2.11. The molecule has 122 valence electrons. The van der Waals surface area contributed by atoms with Gasteiger partial charge in [0.25, 0.3) is 5.91 Å². The van der Waals surface area contributed by atoms with Gasteiger partial charge in [-0.25, -0.2) is 4.79 Å². The van der Waals surface area contributed by atoms with Gasteiger partial charge in [0, 0.05) is 13.7 Å². The smallest absolute Gasteiger partial charge is 0.338 e. The topological polar surface area (TPSA) is 99.9 Å². The number of benzene rings is 1. The number of rotatable bonds is 9. The van der Waals surface area contributed by atoms with Crippen LogP contribution >= 0.6 is 0 Å². The number of carbonyl (C=O) groups is 2. The van der Waals surface area contributed by atoms with Crippen molar-refractivity contribution in [1.29, 1.82) is 0 Å². The fraction of sp³-hybridized carbons (Fsp3) is 0.467. The van der Waals surface area contributed by atoms with Gasteiger partial charge in [-0.3, -0.25) is 4.79 Å². The van der Waals surface area contributed by atoms with E-state index in [1.165, 1.54) is 6.07 Å². The predicted octanol–water partition coefficient (Wildman–Crippen LogP) is 0.977. The van der Waals surface area contributed by atoms with Crippen molar-refractivity contribution in [1.82, 2.24) is 5.32 Å². The number of amides is 1. The van der Waals surface area contributed by atoms with E-state index in [-0.39, 0.29) is 18.3 Å². The van der Waals surface area contributed by atoms with E-state index in [2.05, 4.69) is 5.32 Å². The summed E-state index contributed by atoms with van der Waals surface area (Å²) >= 11 is 0. The van der Waals surface area contributed by atoms with Crippen molar-refractivity contribution in [2.24, 2.45) is 0 Å². The van der Waals surface area contributed by atoms with E-state index in [1.807, 2.05) is 6.92 Å². The van der Waals surface area contributed by atoms with Gasteiger partial charge in [0.15, 0.2) is 6.61 Å². The molecule has 22 heavy (non-hydrogen) atoms. The third kappa shape index (κ3) is 6.01. The molecule has 0 aliphatic rings. The summed E-state index contributed by atoms with van der Waals surface area (Å²) in [6, 6.07) is 4.56. The van der Waals surface area contributed by atoms with E-state index in [9.17, 15) is 9.59 Å². The molecule has 0 saturated carbocycles. The molecule has 0 saturated heterocycles. The van der Waals surface area contributed by atoms with Gasteiger partial charge in [-0.1, -0.05) is 6.92 Å². The van der Waals surface area contributed by atoms with Crippen molar-refractivity contribution >= 4 is 17.6 Å². The van der Waals surface area contributed by atoms with E-state index in [0.29, 0.717) is 31.0 Å². The lowest BCUT2D eigenvalue weighted by atomic mass is 10.2. The lowest BCUT2D eigenvalue weighted by Gasteiger charge is -2.11. The molecule has 0 aromatic heterocycles. The Hall–Kier alpha value is -2.28. The van der Waals surface area contributed by atoms with E-state index in [4.69, 9.17) is 19.9 Å². The second-order valence-corrected chi connectivity index (χ2v) is 4.52. The van der Waals surface area contributed by atoms with Gasteiger partial charge in [0.1, 0.15) is 5.75 Å². The maximum absolute atomic E-state index is 11.8. The normalized spacial score (nSPS) is 10.1. The van der Waals surface area contributed by atoms with E-state index < -0.39 is 5.97 Å². The molecule has 1 amide bonds. The molecule has 1 rings (SSSR count). The SMILES string of the molecule is CCCOC(=O)c1ccc(N)c(OCC(=O)NCCOC)c1. The Morgan fingerprint density at radius 1 is 1.27 bits per heavy atom. The van der Waals surface area contributed by atoms with E-state index in [0.717, 1.165) is 6.42 Å². The Morgan fingerprint density at radius 2 is 2.05 bits per heavy atom. The average molecular weight is 310 g/mol. The van der Waals surface area contributed by atoms with Crippen LogP contribution in [0, 0.1) is 0 Å². The quantitative estimate of drug-likeness (QED) is 0.400. The second kappa shape index (κ2) is 9.62. The lowest BCUT2D eigenvalue weighted by molar-refractivity contribution is -0.123. The van der Waals surface area contributed by atoms with Crippen molar-refractivity contribution in [2.75, 3.05) is 39.2 Å². The van der Waals surface area contributed by atoms with Crippen LogP contribution in [-0.2, 0) is 14.3 Å². The number of methoxy groups -OCH3 is 1. The van der Waals surface area contributed by atoms with Crippen molar-refractivity contribution in [3.63, 3.8) is 0 Å². The van der Waals surface area contributed by atoms with Gasteiger partial charge in [-0.2, -0.15) is 0 Å². The summed E-state index contributed by atoms with van der Waals surface area (Å²) in [5.74, 6) is -0.473. The first kappa shape index (κ1) is 17.8. The Morgan fingerprint density at radius 3 is 2.73 bits per heavy atom. The number of hydrogen-bond donors (Lipinski definition) is 2. The predicted molar refractivity (Wildman–Crippen MR) is 81.8 cm³/mol. The van der Waals surface area contributed by atoms with Gasteiger partial charge in [0.05, 0.1) is 24.5 Å². The second-order valence-electron chi connectivity index (χ2n) is 4.52. The molecule has 1 aromatic carbocycles. The number of esters is 1. The van der Waals surface area contributed by atoms with Crippen LogP contribution < -0.4 is 15.8 Å². The largest absolute Gasteiger partial charge is 0.482 e. The molecular weight excluding hydrogens is 288 g/mol. The van der Waals surface area contributed by atoms with Crippen LogP contribution in [0.3, 0.4) is 0 Å². The van der Waals surface area contributed by atoms with Crippen molar-refractivity contribution < 1.29 is 23.8 Å². The van der Waals surface area contributed by atoms with Crippen LogP contribution in [0.2, 0.25) is 0 Å². The number of ether oxygens (including phenoxy) is 3. The van der Waals surface area contributed by atoms with Crippen LogP contribution in [0.25, 0.3) is 0 Å². The van der Waals surface area contributed by atoms with Crippen molar-refractivity contribution in [3.05, 3.63) is 23.8 Å². The summed E-state index contributed by atoms with van der Waals surface area (Å²) in [4.78, 5) is 23.3. The molecule has 3 N–H and O–H groups in total. The highest BCUT2D eigenvalue weighted by molar-refractivity contribution is 5.90. The standard InChI is InChI=1S/C15H22N2O5/c1-3-7-21-15(19)11-4-5-12(16)13(9-11)22-10-14(18)17-6-8-20-2/h4-5,9H,3,6-8,10,16H2,1-2H3,(H,17,18). The number of anilines is 1. The summed E-state index contributed by atoms with van der Waals surface area (Å²) in [6.07, 6.45) is 0.742. The molecule has 0 unspecified atom stereocenters. The van der Waals surface area contributed by atoms with Gasteiger partial charge in [0.2, 0.25) is 0 Å². The zero-order valence-corrected chi connectivity index (χ0v) is 12.9. The molecule has 0 bridgehead atoms. The highest BCUT2D eigenvalue weighted by Crippen LogP contribution is 2.23. The van der Waals surface area contributed by atoms with E-state index in [1.54, 1.807) is 19.2 Å². The molecule has 0 fully saturated rings. The monoisotopic (exact) mass is 310 g/mol. The summed E-state index contributed by atoms with van der Waals surface area (Å²) in [6.45, 7) is 2.89. The molecule has 7 heteroatoms. The number of hydrogen-bond acceptors (Lipinski definition) is 6. The summed E-state index contributed by atoms with van der Waals surface area (Å²) in [7, 11) is 1.55. The minimum atomic E-state index is -0.448. The zero-order chi connectivity index (χ0) is 16.4. The first-order valence-electron chi connectivity index (χ1n) is 7.03. The van der Waals surface area contributed by atoms with Gasteiger partial charge >= 0.3 is 5.97 Å². The Labute approximate surface area is 129 Å². The van der Waals surface area contributed by atoms with Crippen molar-refractivity contribution in [2.45, 2.75) is 13.3 Å². The third-order valence-corrected chi connectivity index (χ3v) is 2.67. The average Bonchev–Trinajstić information content (AvgIpc) is 2.52. The molecular formula is C15H22N2O5. The van der Waals surface area contributed by atoms with Crippen LogP contribution in [-0.4, -0.2) is 45.4 Å². The molecule has 0 heterocycles. The minimum Gasteiger partial charge on any atom is -0.482 e. The van der Waals surface area contributed by atoms with Crippen LogP contribution in [0.5, 0.6) is 5.75 Å². The Balaban J connectivity index is 2.58.